The number of benzene rings is 2. The van der Waals surface area contributed by atoms with Crippen LogP contribution in [0.15, 0.2) is 48.5 Å². The number of carbonyl (C=O) groups excluding carboxylic acids is 1. The van der Waals surface area contributed by atoms with Crippen LogP contribution < -0.4 is 9.47 Å². The molecular formula is C20H19NO3. The zero-order valence-electron chi connectivity index (χ0n) is 14.0. The summed E-state index contributed by atoms with van der Waals surface area (Å²) in [6, 6.07) is 14.9. The van der Waals surface area contributed by atoms with E-state index in [4.69, 9.17) is 9.47 Å². The van der Waals surface area contributed by atoms with Crippen LogP contribution in [-0.2, 0) is 11.2 Å². The van der Waals surface area contributed by atoms with Crippen LogP contribution >= 0.6 is 0 Å². The van der Waals surface area contributed by atoms with Gasteiger partial charge in [0.05, 0.1) is 19.0 Å². The Balaban J connectivity index is 1.82. The third-order valence-corrected chi connectivity index (χ3v) is 4.10. The molecular weight excluding hydrogens is 302 g/mol. The summed E-state index contributed by atoms with van der Waals surface area (Å²) in [5.41, 5.74) is 3.80. The van der Waals surface area contributed by atoms with Gasteiger partial charge in [-0.05, 0) is 55.3 Å². The molecule has 0 unspecified atom stereocenters. The van der Waals surface area contributed by atoms with E-state index in [1.54, 1.807) is 31.4 Å². The molecule has 4 heteroatoms. The Hall–Kier alpha value is -2.88. The van der Waals surface area contributed by atoms with Gasteiger partial charge in [-0.15, -0.1) is 0 Å². The molecule has 0 amide bonds. The minimum Gasteiger partial charge on any atom is -0.497 e. The van der Waals surface area contributed by atoms with Crippen LogP contribution in [0.4, 0.5) is 0 Å². The Bertz CT molecular complexity index is 885. The maximum absolute atomic E-state index is 12.3. The minimum absolute atomic E-state index is 0.196. The van der Waals surface area contributed by atoms with Crippen LogP contribution in [0.25, 0.3) is 10.9 Å². The smallest absolute Gasteiger partial charge is 0.315 e. The van der Waals surface area contributed by atoms with Gasteiger partial charge < -0.3 is 9.47 Å². The lowest BCUT2D eigenvalue weighted by atomic mass is 10.00. The number of hydrogen-bond acceptors (Lipinski definition) is 4. The lowest BCUT2D eigenvalue weighted by molar-refractivity contribution is -0.133. The number of para-hydroxylation sites is 1. The molecule has 0 saturated carbocycles. The number of aryl methyl sites for hydroxylation is 2. The summed E-state index contributed by atoms with van der Waals surface area (Å²) in [6.45, 7) is 3.95. The van der Waals surface area contributed by atoms with E-state index >= 15 is 0 Å². The van der Waals surface area contributed by atoms with Gasteiger partial charge in [-0.2, -0.15) is 0 Å². The first-order chi connectivity index (χ1) is 11.6. The quantitative estimate of drug-likeness (QED) is 0.538. The Morgan fingerprint density at radius 2 is 1.67 bits per heavy atom. The third kappa shape index (κ3) is 3.23. The van der Waals surface area contributed by atoms with E-state index in [0.29, 0.717) is 5.75 Å². The van der Waals surface area contributed by atoms with E-state index in [1.165, 1.54) is 0 Å². The highest BCUT2D eigenvalue weighted by Gasteiger charge is 2.14. The first kappa shape index (κ1) is 16.0. The van der Waals surface area contributed by atoms with Crippen LogP contribution in [0.5, 0.6) is 11.5 Å². The highest BCUT2D eigenvalue weighted by molar-refractivity contribution is 5.85. The van der Waals surface area contributed by atoms with E-state index < -0.39 is 0 Å². The summed E-state index contributed by atoms with van der Waals surface area (Å²) in [7, 11) is 1.60. The number of fused-ring (bicyclic) bond motifs is 1. The van der Waals surface area contributed by atoms with E-state index in [-0.39, 0.29) is 12.4 Å². The first-order valence-corrected chi connectivity index (χ1v) is 7.78. The molecule has 1 heterocycles. The summed E-state index contributed by atoms with van der Waals surface area (Å²) in [4.78, 5) is 16.9. The zero-order chi connectivity index (χ0) is 17.1. The molecule has 0 aliphatic heterocycles. The van der Waals surface area contributed by atoms with Crippen LogP contribution in [-0.4, -0.2) is 18.1 Å². The van der Waals surface area contributed by atoms with E-state index in [1.807, 2.05) is 38.1 Å². The summed E-state index contributed by atoms with van der Waals surface area (Å²) < 4.78 is 10.5. The monoisotopic (exact) mass is 321 g/mol. The number of carbonyl (C=O) groups is 1. The first-order valence-electron chi connectivity index (χ1n) is 7.78. The van der Waals surface area contributed by atoms with Crippen LogP contribution in [0, 0.1) is 13.8 Å². The summed E-state index contributed by atoms with van der Waals surface area (Å²) >= 11 is 0. The van der Waals surface area contributed by atoms with Gasteiger partial charge in [0.1, 0.15) is 11.5 Å². The van der Waals surface area contributed by atoms with Gasteiger partial charge in [0.2, 0.25) is 0 Å². The fraction of sp³-hybridized carbons (Fsp3) is 0.200. The topological polar surface area (TPSA) is 48.4 Å². The average Bonchev–Trinajstić information content (AvgIpc) is 2.59. The number of aromatic nitrogens is 1. The normalized spacial score (nSPS) is 10.6. The summed E-state index contributed by atoms with van der Waals surface area (Å²) in [5, 5.41) is 1.07. The molecule has 3 aromatic rings. The largest absolute Gasteiger partial charge is 0.497 e. The van der Waals surface area contributed by atoms with Crippen molar-refractivity contribution < 1.29 is 14.3 Å². The van der Waals surface area contributed by atoms with Gasteiger partial charge in [-0.1, -0.05) is 18.2 Å². The van der Waals surface area contributed by atoms with Gasteiger partial charge in [0.25, 0.3) is 0 Å². The molecule has 0 radical (unpaired) electrons. The molecule has 0 aliphatic carbocycles. The SMILES string of the molecule is COc1ccc(OC(=O)Cc2c(C)nc3ccccc3c2C)cc1. The maximum atomic E-state index is 12.3. The number of hydrogen-bond donors (Lipinski definition) is 0. The second kappa shape index (κ2) is 6.71. The lowest BCUT2D eigenvalue weighted by Crippen LogP contribution is -2.14. The molecule has 24 heavy (non-hydrogen) atoms. The zero-order valence-corrected chi connectivity index (χ0v) is 14.0. The molecule has 0 N–H and O–H groups in total. The minimum atomic E-state index is -0.302. The number of ether oxygens (including phenoxy) is 2. The molecule has 4 nitrogen and oxygen atoms in total. The van der Waals surface area contributed by atoms with Gasteiger partial charge in [-0.3, -0.25) is 9.78 Å². The number of methoxy groups -OCH3 is 1. The predicted octanol–water partition coefficient (Wildman–Crippen LogP) is 4.01. The van der Waals surface area contributed by atoms with Gasteiger partial charge >= 0.3 is 5.97 Å². The lowest BCUT2D eigenvalue weighted by Gasteiger charge is -2.12. The van der Waals surface area contributed by atoms with Crippen molar-refractivity contribution in [3.63, 3.8) is 0 Å². The predicted molar refractivity (Wildman–Crippen MR) is 93.6 cm³/mol. The number of rotatable bonds is 4. The van der Waals surface area contributed by atoms with Gasteiger partial charge in [-0.25, -0.2) is 0 Å². The van der Waals surface area contributed by atoms with E-state index in [0.717, 1.165) is 33.5 Å². The maximum Gasteiger partial charge on any atom is 0.315 e. The second-order valence-corrected chi connectivity index (χ2v) is 5.64. The van der Waals surface area contributed by atoms with Crippen molar-refractivity contribution in [3.8, 4) is 11.5 Å². The van der Waals surface area contributed by atoms with E-state index in [2.05, 4.69) is 4.98 Å². The van der Waals surface area contributed by atoms with Crippen molar-refractivity contribution in [1.29, 1.82) is 0 Å². The fourth-order valence-electron chi connectivity index (χ4n) is 2.79. The van der Waals surface area contributed by atoms with Crippen molar-refractivity contribution in [1.82, 2.24) is 4.98 Å². The Labute approximate surface area is 141 Å². The van der Waals surface area contributed by atoms with Crippen LogP contribution in [0.2, 0.25) is 0 Å². The van der Waals surface area contributed by atoms with Crippen molar-refractivity contribution in [2.24, 2.45) is 0 Å². The number of esters is 1. The molecule has 3 rings (SSSR count). The molecule has 0 fully saturated rings. The highest BCUT2D eigenvalue weighted by atomic mass is 16.5. The molecule has 1 aromatic heterocycles. The molecule has 0 saturated heterocycles. The molecule has 122 valence electrons. The fourth-order valence-corrected chi connectivity index (χ4v) is 2.79. The van der Waals surface area contributed by atoms with Crippen molar-refractivity contribution in [2.75, 3.05) is 7.11 Å². The summed E-state index contributed by atoms with van der Waals surface area (Å²) in [5.74, 6) is 0.925. The molecule has 0 atom stereocenters. The van der Waals surface area contributed by atoms with Crippen molar-refractivity contribution in [2.45, 2.75) is 20.3 Å². The Morgan fingerprint density at radius 1 is 1.00 bits per heavy atom. The van der Waals surface area contributed by atoms with Crippen molar-refractivity contribution in [3.05, 3.63) is 65.4 Å². The van der Waals surface area contributed by atoms with Crippen LogP contribution in [0.3, 0.4) is 0 Å². The molecule has 2 aromatic carbocycles. The Kier molecular flexibility index (Phi) is 4.47. The standard InChI is InChI=1S/C20H19NO3/c1-13-17-6-4-5-7-19(17)21-14(2)18(13)12-20(22)24-16-10-8-15(23-3)9-11-16/h4-11H,12H2,1-3H3. The van der Waals surface area contributed by atoms with E-state index in [9.17, 15) is 4.79 Å². The van der Waals surface area contributed by atoms with Crippen molar-refractivity contribution >= 4 is 16.9 Å². The molecule has 0 spiro atoms. The highest BCUT2D eigenvalue weighted by Crippen LogP contribution is 2.24. The van der Waals surface area contributed by atoms with Gasteiger partial charge in [0, 0.05) is 11.1 Å². The molecule has 0 bridgehead atoms. The second-order valence-electron chi connectivity index (χ2n) is 5.64. The molecule has 0 aliphatic rings. The van der Waals surface area contributed by atoms with Gasteiger partial charge in [0.15, 0.2) is 0 Å². The summed E-state index contributed by atoms with van der Waals surface area (Å²) in [6.07, 6.45) is 0.196. The third-order valence-electron chi connectivity index (χ3n) is 4.10. The van der Waals surface area contributed by atoms with Crippen LogP contribution in [0.1, 0.15) is 16.8 Å². The number of pyridine rings is 1. The number of nitrogens with zero attached hydrogens (tertiary/aromatic N) is 1. The average molecular weight is 321 g/mol. The Morgan fingerprint density at radius 3 is 2.38 bits per heavy atom.